The summed E-state index contributed by atoms with van der Waals surface area (Å²) in [6.07, 6.45) is 3.28. The Morgan fingerprint density at radius 3 is 2.42 bits per heavy atom. The van der Waals surface area contributed by atoms with Crippen LogP contribution in [0.2, 0.25) is 0 Å². The largest absolute Gasteiger partial charge is 0.508 e. The average Bonchev–Trinajstić information content (AvgIpc) is 2.56. The van der Waals surface area contributed by atoms with E-state index in [0.29, 0.717) is 22.8 Å². The van der Waals surface area contributed by atoms with Gasteiger partial charge in [0, 0.05) is 0 Å². The third-order valence-electron chi connectivity index (χ3n) is 4.75. The zero-order valence-corrected chi connectivity index (χ0v) is 13.7. The van der Waals surface area contributed by atoms with Crippen molar-refractivity contribution in [2.24, 2.45) is 0 Å². The highest BCUT2D eigenvalue weighted by molar-refractivity contribution is 5.91. The van der Waals surface area contributed by atoms with Gasteiger partial charge in [0.1, 0.15) is 17.6 Å². The number of para-hydroxylation sites is 1. The molecule has 0 aromatic heterocycles. The molecule has 4 heteroatoms. The van der Waals surface area contributed by atoms with Crippen LogP contribution in [0.15, 0.2) is 42.5 Å². The Morgan fingerprint density at radius 1 is 1.04 bits per heavy atom. The summed E-state index contributed by atoms with van der Waals surface area (Å²) in [7, 11) is 0. The number of benzene rings is 2. The Hall–Kier alpha value is -2.49. The molecule has 1 aliphatic carbocycles. The van der Waals surface area contributed by atoms with Crippen LogP contribution in [0.25, 0.3) is 0 Å². The number of carbonyl (C=O) groups is 1. The number of aromatic hydroxyl groups is 2. The topological polar surface area (TPSA) is 66.8 Å². The van der Waals surface area contributed by atoms with Gasteiger partial charge in [-0.3, -0.25) is 0 Å². The van der Waals surface area contributed by atoms with Crippen LogP contribution >= 0.6 is 0 Å². The lowest BCUT2D eigenvalue weighted by Gasteiger charge is -2.29. The van der Waals surface area contributed by atoms with Gasteiger partial charge >= 0.3 is 5.97 Å². The zero-order valence-electron chi connectivity index (χ0n) is 13.7. The quantitative estimate of drug-likeness (QED) is 0.826. The molecule has 0 spiro atoms. The lowest BCUT2D eigenvalue weighted by atomic mass is 9.82. The summed E-state index contributed by atoms with van der Waals surface area (Å²) < 4.78 is 5.63. The van der Waals surface area contributed by atoms with Crippen molar-refractivity contribution >= 4 is 5.97 Å². The van der Waals surface area contributed by atoms with Crippen LogP contribution in [0.1, 0.15) is 53.1 Å². The van der Waals surface area contributed by atoms with Gasteiger partial charge in [-0.15, -0.1) is 0 Å². The number of ether oxygens (including phenoxy) is 1. The van der Waals surface area contributed by atoms with E-state index in [1.165, 1.54) is 6.07 Å². The zero-order chi connectivity index (χ0) is 17.1. The molecule has 0 unspecified atom stereocenters. The first-order valence-corrected chi connectivity index (χ1v) is 8.33. The predicted octanol–water partition coefficient (Wildman–Crippen LogP) is 4.29. The summed E-state index contributed by atoms with van der Waals surface area (Å²) in [5.41, 5.74) is 2.19. The van der Waals surface area contributed by atoms with Crippen LogP contribution in [0.5, 0.6) is 11.5 Å². The van der Waals surface area contributed by atoms with Crippen molar-refractivity contribution in [3.05, 3.63) is 59.2 Å². The molecular formula is C20H22O4. The van der Waals surface area contributed by atoms with E-state index in [1.54, 1.807) is 25.1 Å². The Bertz CT molecular complexity index is 730. The fraction of sp³-hybridized carbons (Fsp3) is 0.350. The molecule has 4 nitrogen and oxygen atoms in total. The fourth-order valence-corrected chi connectivity index (χ4v) is 3.42. The third kappa shape index (κ3) is 3.53. The summed E-state index contributed by atoms with van der Waals surface area (Å²) in [4.78, 5) is 12.3. The van der Waals surface area contributed by atoms with E-state index in [1.807, 2.05) is 18.2 Å². The number of phenols is 2. The van der Waals surface area contributed by atoms with Crippen LogP contribution in [-0.4, -0.2) is 22.3 Å². The molecule has 2 aromatic rings. The third-order valence-corrected chi connectivity index (χ3v) is 4.75. The van der Waals surface area contributed by atoms with Gasteiger partial charge in [0.15, 0.2) is 0 Å². The number of hydrogen-bond donors (Lipinski definition) is 2. The molecule has 1 fully saturated rings. The van der Waals surface area contributed by atoms with Crippen LogP contribution in [0, 0.1) is 6.92 Å². The summed E-state index contributed by atoms with van der Waals surface area (Å²) in [6.45, 7) is 1.78. The Labute approximate surface area is 141 Å². The van der Waals surface area contributed by atoms with Gasteiger partial charge in [-0.25, -0.2) is 4.79 Å². The SMILES string of the molecule is Cc1cc(O)ccc1C(=O)OC1CCC(c2ccccc2O)CC1. The second kappa shape index (κ2) is 6.95. The summed E-state index contributed by atoms with van der Waals surface area (Å²) in [5, 5.41) is 19.4. The molecule has 0 aliphatic heterocycles. The molecule has 2 aromatic carbocycles. The number of rotatable bonds is 3. The van der Waals surface area contributed by atoms with Crippen LogP contribution in [-0.2, 0) is 4.74 Å². The smallest absolute Gasteiger partial charge is 0.338 e. The van der Waals surface area contributed by atoms with E-state index in [0.717, 1.165) is 31.2 Å². The molecule has 2 N–H and O–H groups in total. The molecule has 126 valence electrons. The number of hydrogen-bond acceptors (Lipinski definition) is 4. The highest BCUT2D eigenvalue weighted by Crippen LogP contribution is 2.38. The van der Waals surface area contributed by atoms with Gasteiger partial charge in [0.05, 0.1) is 5.56 Å². The molecule has 24 heavy (non-hydrogen) atoms. The van der Waals surface area contributed by atoms with Gasteiger partial charge < -0.3 is 14.9 Å². The van der Waals surface area contributed by atoms with Crippen molar-refractivity contribution in [1.82, 2.24) is 0 Å². The molecule has 0 heterocycles. The normalized spacial score (nSPS) is 20.5. The fourth-order valence-electron chi connectivity index (χ4n) is 3.42. The van der Waals surface area contributed by atoms with E-state index in [-0.39, 0.29) is 17.8 Å². The van der Waals surface area contributed by atoms with Crippen molar-refractivity contribution < 1.29 is 19.7 Å². The van der Waals surface area contributed by atoms with E-state index >= 15 is 0 Å². The van der Waals surface area contributed by atoms with Crippen LogP contribution in [0.4, 0.5) is 0 Å². The maximum absolute atomic E-state index is 12.3. The van der Waals surface area contributed by atoms with Gasteiger partial charge in [0.2, 0.25) is 0 Å². The summed E-state index contributed by atoms with van der Waals surface area (Å²) in [6, 6.07) is 12.1. The van der Waals surface area contributed by atoms with Crippen molar-refractivity contribution in [3.8, 4) is 11.5 Å². The lowest BCUT2D eigenvalue weighted by molar-refractivity contribution is 0.0193. The van der Waals surface area contributed by atoms with Crippen molar-refractivity contribution in [3.63, 3.8) is 0 Å². The van der Waals surface area contributed by atoms with E-state index < -0.39 is 0 Å². The van der Waals surface area contributed by atoms with E-state index in [2.05, 4.69) is 0 Å². The minimum absolute atomic E-state index is 0.0900. The van der Waals surface area contributed by atoms with Crippen molar-refractivity contribution in [2.75, 3.05) is 0 Å². The van der Waals surface area contributed by atoms with Gasteiger partial charge in [-0.05, 0) is 73.9 Å². The summed E-state index contributed by atoms with van der Waals surface area (Å²) >= 11 is 0. The second-order valence-electron chi connectivity index (χ2n) is 6.44. The first-order chi connectivity index (χ1) is 11.5. The standard InChI is InChI=1S/C20H22O4/c1-13-12-15(21)8-11-17(13)20(23)24-16-9-6-14(7-10-16)18-4-2-3-5-19(18)22/h2-5,8,11-12,14,16,21-22H,6-7,9-10H2,1H3. The molecule has 0 amide bonds. The number of esters is 1. The number of aryl methyl sites for hydroxylation is 1. The van der Waals surface area contributed by atoms with Crippen LogP contribution in [0.3, 0.4) is 0 Å². The first-order valence-electron chi connectivity index (χ1n) is 8.33. The molecule has 0 radical (unpaired) electrons. The monoisotopic (exact) mass is 326 g/mol. The van der Waals surface area contributed by atoms with Crippen molar-refractivity contribution in [1.29, 1.82) is 0 Å². The molecule has 0 bridgehead atoms. The molecule has 0 atom stereocenters. The molecule has 3 rings (SSSR count). The second-order valence-corrected chi connectivity index (χ2v) is 6.44. The van der Waals surface area contributed by atoms with Crippen molar-refractivity contribution in [2.45, 2.75) is 44.6 Å². The minimum Gasteiger partial charge on any atom is -0.508 e. The predicted molar refractivity (Wildman–Crippen MR) is 91.4 cm³/mol. The van der Waals surface area contributed by atoms with Crippen LogP contribution < -0.4 is 0 Å². The molecule has 0 saturated heterocycles. The average molecular weight is 326 g/mol. The Morgan fingerprint density at radius 2 is 1.75 bits per heavy atom. The lowest BCUT2D eigenvalue weighted by Crippen LogP contribution is -2.24. The van der Waals surface area contributed by atoms with E-state index in [9.17, 15) is 15.0 Å². The van der Waals surface area contributed by atoms with Gasteiger partial charge in [0.25, 0.3) is 0 Å². The molecular weight excluding hydrogens is 304 g/mol. The number of phenolic OH excluding ortho intramolecular Hbond substituents is 2. The highest BCUT2D eigenvalue weighted by atomic mass is 16.5. The van der Waals surface area contributed by atoms with Gasteiger partial charge in [-0.2, -0.15) is 0 Å². The maximum Gasteiger partial charge on any atom is 0.338 e. The van der Waals surface area contributed by atoms with Gasteiger partial charge in [-0.1, -0.05) is 18.2 Å². The maximum atomic E-state index is 12.3. The Balaban J connectivity index is 1.59. The molecule has 1 aliphatic rings. The Kier molecular flexibility index (Phi) is 4.74. The number of carbonyl (C=O) groups excluding carboxylic acids is 1. The summed E-state index contributed by atoms with van der Waals surface area (Å²) in [5.74, 6) is 0.472. The first kappa shape index (κ1) is 16.4. The minimum atomic E-state index is -0.335. The highest BCUT2D eigenvalue weighted by Gasteiger charge is 2.26. The molecule has 1 saturated carbocycles. The van der Waals surface area contributed by atoms with E-state index in [4.69, 9.17) is 4.74 Å².